The average Bonchev–Trinajstić information content (AvgIpc) is 2.67. The van der Waals surface area contributed by atoms with Crippen molar-refractivity contribution in [1.82, 2.24) is 4.98 Å². The minimum atomic E-state index is -3.99. The first-order valence-corrected chi connectivity index (χ1v) is 10.8. The molecule has 2 aromatic carbocycles. The Hall–Kier alpha value is -3.19. The summed E-state index contributed by atoms with van der Waals surface area (Å²) in [5.41, 5.74) is 2.29. The Morgan fingerprint density at radius 1 is 0.900 bits per heavy atom. The van der Waals surface area contributed by atoms with Gasteiger partial charge in [0.1, 0.15) is 10.5 Å². The zero-order chi connectivity index (χ0) is 21.9. The minimum absolute atomic E-state index is 0.0377. The highest BCUT2D eigenvalue weighted by Crippen LogP contribution is 2.25. The van der Waals surface area contributed by atoms with Crippen molar-refractivity contribution in [2.24, 2.45) is 0 Å². The van der Waals surface area contributed by atoms with Crippen LogP contribution in [0.4, 0.5) is 0 Å². The van der Waals surface area contributed by atoms with E-state index >= 15 is 0 Å². The van der Waals surface area contributed by atoms with Gasteiger partial charge < -0.3 is 8.92 Å². The van der Waals surface area contributed by atoms with Gasteiger partial charge >= 0.3 is 16.1 Å². The van der Waals surface area contributed by atoms with Gasteiger partial charge in [0, 0.05) is 12.3 Å². The van der Waals surface area contributed by atoms with E-state index in [1.54, 1.807) is 42.5 Å². The maximum absolute atomic E-state index is 12.5. The number of hydrogen-bond donors (Lipinski definition) is 0. The summed E-state index contributed by atoms with van der Waals surface area (Å²) < 4.78 is 35.5. The molecule has 0 spiro atoms. The second kappa shape index (κ2) is 8.28. The molecule has 3 aromatic rings. The number of benzene rings is 2. The first kappa shape index (κ1) is 21.5. The molecule has 0 atom stereocenters. The predicted octanol–water partition coefficient (Wildman–Crippen LogP) is 4.78. The lowest BCUT2D eigenvalue weighted by atomic mass is 10.0. The molecule has 0 aliphatic heterocycles. The van der Waals surface area contributed by atoms with E-state index in [-0.39, 0.29) is 10.8 Å². The average molecular weight is 426 g/mol. The maximum Gasteiger partial charge on any atom is 0.340 e. The van der Waals surface area contributed by atoms with Crippen LogP contribution >= 0.6 is 0 Å². The number of esters is 1. The largest absolute Gasteiger partial charge is 0.456 e. The van der Waals surface area contributed by atoms with Crippen molar-refractivity contribution in [2.45, 2.75) is 38.2 Å². The quantitative estimate of drug-likeness (QED) is 0.432. The van der Waals surface area contributed by atoms with Gasteiger partial charge in [-0.1, -0.05) is 29.8 Å². The standard InChI is InChI=1S/C23H23NO5S/c1-16-5-11-20(12-6-16)30(26,27)29-21-15-19(13-14-24-21)17-7-9-18(10-8-17)22(25)28-23(2,3)4/h5-15H,1-4H3. The number of pyridine rings is 1. The van der Waals surface area contributed by atoms with Crippen LogP contribution in [0.15, 0.2) is 71.8 Å². The van der Waals surface area contributed by atoms with Gasteiger partial charge in [0.25, 0.3) is 0 Å². The SMILES string of the molecule is Cc1ccc(S(=O)(=O)Oc2cc(-c3ccc(C(=O)OC(C)(C)C)cc3)ccn2)cc1. The molecule has 0 unspecified atom stereocenters. The number of rotatable bonds is 5. The van der Waals surface area contributed by atoms with E-state index in [2.05, 4.69) is 4.98 Å². The molecule has 0 radical (unpaired) electrons. The Labute approximate surface area is 176 Å². The summed E-state index contributed by atoms with van der Waals surface area (Å²) in [6, 6.07) is 16.5. The number of carbonyl (C=O) groups excluding carboxylic acids is 1. The number of carbonyl (C=O) groups is 1. The smallest absolute Gasteiger partial charge is 0.340 e. The fourth-order valence-electron chi connectivity index (χ4n) is 2.64. The van der Waals surface area contributed by atoms with Crippen LogP contribution in [0.2, 0.25) is 0 Å². The van der Waals surface area contributed by atoms with Gasteiger partial charge in [0.2, 0.25) is 5.88 Å². The minimum Gasteiger partial charge on any atom is -0.456 e. The van der Waals surface area contributed by atoms with E-state index in [1.807, 2.05) is 27.7 Å². The van der Waals surface area contributed by atoms with E-state index in [0.29, 0.717) is 11.1 Å². The van der Waals surface area contributed by atoms with Crippen LogP contribution in [0.3, 0.4) is 0 Å². The van der Waals surface area contributed by atoms with Crippen LogP contribution in [0, 0.1) is 6.92 Å². The lowest BCUT2D eigenvalue weighted by molar-refractivity contribution is 0.00695. The molecular weight excluding hydrogens is 402 g/mol. The first-order chi connectivity index (χ1) is 14.0. The fraction of sp³-hybridized carbons (Fsp3) is 0.217. The molecule has 0 saturated heterocycles. The van der Waals surface area contributed by atoms with Gasteiger partial charge in [-0.25, -0.2) is 9.78 Å². The lowest BCUT2D eigenvalue weighted by Gasteiger charge is -2.19. The molecule has 0 N–H and O–H groups in total. The summed E-state index contributed by atoms with van der Waals surface area (Å²) in [6.45, 7) is 7.30. The van der Waals surface area contributed by atoms with Crippen molar-refractivity contribution in [1.29, 1.82) is 0 Å². The first-order valence-electron chi connectivity index (χ1n) is 9.34. The molecule has 1 aromatic heterocycles. The molecule has 30 heavy (non-hydrogen) atoms. The van der Waals surface area contributed by atoms with Gasteiger partial charge in [-0.2, -0.15) is 8.42 Å². The summed E-state index contributed by atoms with van der Waals surface area (Å²) in [5.74, 6) is -0.443. The van der Waals surface area contributed by atoms with E-state index in [9.17, 15) is 13.2 Å². The molecule has 0 fully saturated rings. The van der Waals surface area contributed by atoms with E-state index in [1.165, 1.54) is 24.4 Å². The Morgan fingerprint density at radius 3 is 2.13 bits per heavy atom. The number of nitrogens with zero attached hydrogens (tertiary/aromatic N) is 1. The van der Waals surface area contributed by atoms with Crippen molar-refractivity contribution < 1.29 is 22.1 Å². The van der Waals surface area contributed by atoms with E-state index in [4.69, 9.17) is 8.92 Å². The molecule has 156 valence electrons. The highest BCUT2D eigenvalue weighted by molar-refractivity contribution is 7.87. The van der Waals surface area contributed by atoms with Crippen LogP contribution in [0.5, 0.6) is 5.88 Å². The molecule has 7 heteroatoms. The summed E-state index contributed by atoms with van der Waals surface area (Å²) in [4.78, 5) is 16.2. The van der Waals surface area contributed by atoms with Gasteiger partial charge in [-0.05, 0) is 69.2 Å². The number of aryl methyl sites for hydroxylation is 1. The monoisotopic (exact) mass is 425 g/mol. The zero-order valence-corrected chi connectivity index (χ0v) is 18.1. The van der Waals surface area contributed by atoms with E-state index in [0.717, 1.165) is 11.1 Å². The van der Waals surface area contributed by atoms with Crippen LogP contribution < -0.4 is 4.18 Å². The maximum atomic E-state index is 12.5. The molecule has 0 aliphatic carbocycles. The molecule has 0 aliphatic rings. The Morgan fingerprint density at radius 2 is 1.53 bits per heavy atom. The number of aromatic nitrogens is 1. The summed E-state index contributed by atoms with van der Waals surface area (Å²) in [7, 11) is -3.99. The molecule has 0 bridgehead atoms. The molecular formula is C23H23NO5S. The second-order valence-electron chi connectivity index (χ2n) is 7.81. The van der Waals surface area contributed by atoms with Gasteiger partial charge in [0.15, 0.2) is 0 Å². The van der Waals surface area contributed by atoms with Crippen molar-refractivity contribution in [2.75, 3.05) is 0 Å². The molecule has 0 saturated carbocycles. The third-order valence-electron chi connectivity index (χ3n) is 4.09. The number of ether oxygens (including phenoxy) is 1. The highest BCUT2D eigenvalue weighted by atomic mass is 32.2. The van der Waals surface area contributed by atoms with Crippen LogP contribution in [0.1, 0.15) is 36.7 Å². The second-order valence-corrected chi connectivity index (χ2v) is 9.36. The van der Waals surface area contributed by atoms with Crippen molar-refractivity contribution in [3.63, 3.8) is 0 Å². The topological polar surface area (TPSA) is 82.6 Å². The summed E-state index contributed by atoms with van der Waals surface area (Å²) in [5, 5.41) is 0. The van der Waals surface area contributed by atoms with Crippen molar-refractivity contribution >= 4 is 16.1 Å². The summed E-state index contributed by atoms with van der Waals surface area (Å²) >= 11 is 0. The number of hydrogen-bond acceptors (Lipinski definition) is 6. The van der Waals surface area contributed by atoms with Crippen molar-refractivity contribution in [3.8, 4) is 17.0 Å². The molecule has 3 rings (SSSR count). The molecule has 1 heterocycles. The third-order valence-corrected chi connectivity index (χ3v) is 5.33. The third kappa shape index (κ3) is 5.45. The Balaban J connectivity index is 1.80. The van der Waals surface area contributed by atoms with Crippen LogP contribution in [-0.2, 0) is 14.9 Å². The van der Waals surface area contributed by atoms with Crippen LogP contribution in [0.25, 0.3) is 11.1 Å². The Kier molecular flexibility index (Phi) is 5.94. The summed E-state index contributed by atoms with van der Waals surface area (Å²) in [6.07, 6.45) is 1.47. The predicted molar refractivity (Wildman–Crippen MR) is 114 cm³/mol. The Bertz CT molecular complexity index is 1150. The fourth-order valence-corrected chi connectivity index (χ4v) is 3.52. The van der Waals surface area contributed by atoms with Crippen molar-refractivity contribution in [3.05, 3.63) is 78.0 Å². The van der Waals surface area contributed by atoms with E-state index < -0.39 is 21.7 Å². The molecule has 0 amide bonds. The normalized spacial score (nSPS) is 11.7. The van der Waals surface area contributed by atoms with Gasteiger partial charge in [-0.15, -0.1) is 0 Å². The molecule has 6 nitrogen and oxygen atoms in total. The highest BCUT2D eigenvalue weighted by Gasteiger charge is 2.19. The zero-order valence-electron chi connectivity index (χ0n) is 17.2. The van der Waals surface area contributed by atoms with Gasteiger partial charge in [-0.3, -0.25) is 0 Å². The van der Waals surface area contributed by atoms with Crippen LogP contribution in [-0.4, -0.2) is 25.0 Å². The lowest BCUT2D eigenvalue weighted by Crippen LogP contribution is -2.23. The van der Waals surface area contributed by atoms with Gasteiger partial charge in [0.05, 0.1) is 5.56 Å².